The molecule has 0 spiro atoms. The number of benzene rings is 3. The molecule has 4 heteroatoms. The maximum absolute atomic E-state index is 13.7. The Morgan fingerprint density at radius 3 is 2.61 bits per heavy atom. The van der Waals surface area contributed by atoms with Gasteiger partial charge in [0.1, 0.15) is 12.9 Å². The van der Waals surface area contributed by atoms with Gasteiger partial charge in [0.05, 0.1) is 10.9 Å². The smallest absolute Gasteiger partial charge is 0.227 e. The van der Waals surface area contributed by atoms with Crippen molar-refractivity contribution in [1.82, 2.24) is 4.98 Å². The van der Waals surface area contributed by atoms with Crippen molar-refractivity contribution in [2.45, 2.75) is 13.8 Å². The van der Waals surface area contributed by atoms with E-state index in [2.05, 4.69) is 11.1 Å². The van der Waals surface area contributed by atoms with E-state index in [9.17, 15) is 4.39 Å². The van der Waals surface area contributed by atoms with Crippen LogP contribution in [0, 0.1) is 19.6 Å². The van der Waals surface area contributed by atoms with Crippen molar-refractivity contribution in [2.75, 3.05) is 0 Å². The lowest BCUT2D eigenvalue weighted by molar-refractivity contribution is -0.660. The number of rotatable bonds is 2. The van der Waals surface area contributed by atoms with Crippen LogP contribution in [0.15, 0.2) is 83.5 Å². The topological polar surface area (TPSA) is 29.9 Å². The van der Waals surface area contributed by atoms with Gasteiger partial charge in [-0.05, 0) is 48.0 Å². The predicted molar refractivity (Wildman–Crippen MR) is 131 cm³/mol. The number of fused-ring (bicyclic) bond motifs is 5. The van der Waals surface area contributed by atoms with Crippen molar-refractivity contribution in [3.63, 3.8) is 0 Å². The van der Waals surface area contributed by atoms with Crippen LogP contribution in [0.4, 0.5) is 4.39 Å². The van der Waals surface area contributed by atoms with E-state index in [1.165, 1.54) is 12.1 Å². The molecule has 0 aliphatic heterocycles. The number of pyridine rings is 2. The summed E-state index contributed by atoms with van der Waals surface area (Å²) in [6.45, 7) is -0.341. The molecule has 0 saturated carbocycles. The summed E-state index contributed by atoms with van der Waals surface area (Å²) in [6.07, 6.45) is 3.44. The summed E-state index contributed by atoms with van der Waals surface area (Å²) in [4.78, 5) is 4.57. The van der Waals surface area contributed by atoms with E-state index in [0.717, 1.165) is 38.4 Å². The summed E-state index contributed by atoms with van der Waals surface area (Å²) in [5.74, 6) is -0.376. The third-order valence-electron chi connectivity index (χ3n) is 6.28. The Labute approximate surface area is 195 Å². The van der Waals surface area contributed by atoms with Gasteiger partial charge in [-0.3, -0.25) is 0 Å². The van der Waals surface area contributed by atoms with Crippen molar-refractivity contribution >= 4 is 32.8 Å². The third-order valence-corrected chi connectivity index (χ3v) is 6.28. The largest absolute Gasteiger partial charge is 0.437 e. The van der Waals surface area contributed by atoms with E-state index in [4.69, 9.17) is 8.53 Å². The maximum atomic E-state index is 13.7. The number of aryl methyl sites for hydroxylation is 3. The highest BCUT2D eigenvalue weighted by atomic mass is 19.1. The fourth-order valence-electron chi connectivity index (χ4n) is 4.65. The van der Waals surface area contributed by atoms with E-state index < -0.39 is 6.85 Å². The Kier molecular flexibility index (Phi) is 3.63. The van der Waals surface area contributed by atoms with Crippen molar-refractivity contribution in [1.29, 1.82) is 0 Å². The molecule has 3 aromatic heterocycles. The summed E-state index contributed by atoms with van der Waals surface area (Å²) < 4.78 is 46.2. The van der Waals surface area contributed by atoms with Gasteiger partial charge in [0.2, 0.25) is 11.4 Å². The molecule has 0 saturated heterocycles. The van der Waals surface area contributed by atoms with Crippen LogP contribution in [-0.2, 0) is 7.05 Å². The van der Waals surface area contributed by atoms with Crippen LogP contribution in [0.25, 0.3) is 55.2 Å². The molecule has 0 atom stereocenters. The molecule has 6 aromatic rings. The van der Waals surface area contributed by atoms with E-state index in [-0.39, 0.29) is 11.4 Å². The summed E-state index contributed by atoms with van der Waals surface area (Å²) >= 11 is 0. The maximum Gasteiger partial charge on any atom is 0.227 e. The molecule has 0 radical (unpaired) electrons. The van der Waals surface area contributed by atoms with Gasteiger partial charge in [-0.1, -0.05) is 48.5 Å². The first-order chi connectivity index (χ1) is 17.2. The van der Waals surface area contributed by atoms with E-state index in [0.29, 0.717) is 22.4 Å². The van der Waals surface area contributed by atoms with Gasteiger partial charge in [0, 0.05) is 32.7 Å². The molecule has 0 aliphatic carbocycles. The minimum atomic E-state index is -2.34. The van der Waals surface area contributed by atoms with Gasteiger partial charge in [0.15, 0.2) is 11.8 Å². The Morgan fingerprint density at radius 1 is 0.970 bits per heavy atom. The summed E-state index contributed by atoms with van der Waals surface area (Å²) in [7, 11) is 1.83. The molecule has 160 valence electrons. The van der Waals surface area contributed by atoms with Crippen LogP contribution in [0.1, 0.15) is 15.2 Å². The minimum absolute atomic E-state index is 0.197. The first kappa shape index (κ1) is 16.6. The zero-order chi connectivity index (χ0) is 25.2. The molecule has 0 amide bonds. The summed E-state index contributed by atoms with van der Waals surface area (Å²) in [5, 5.41) is 3.98. The fourth-order valence-corrected chi connectivity index (χ4v) is 4.65. The number of aromatic nitrogens is 2. The van der Waals surface area contributed by atoms with Crippen LogP contribution in [0.2, 0.25) is 0 Å². The Bertz CT molecular complexity index is 1800. The molecular weight excluding hydrogens is 411 g/mol. The molecule has 0 N–H and O–H groups in total. The monoisotopic (exact) mass is 436 g/mol. The molecule has 0 aliphatic rings. The average molecular weight is 437 g/mol. The summed E-state index contributed by atoms with van der Waals surface area (Å²) in [6, 6.07) is 19.9. The zero-order valence-electron chi connectivity index (χ0n) is 21.2. The third kappa shape index (κ3) is 3.02. The second-order valence-electron chi connectivity index (χ2n) is 8.37. The molecule has 3 nitrogen and oxygen atoms in total. The van der Waals surface area contributed by atoms with Crippen LogP contribution >= 0.6 is 0 Å². The van der Waals surface area contributed by atoms with Gasteiger partial charge in [0.25, 0.3) is 0 Å². The number of nitrogens with zero attached hydrogens (tertiary/aromatic N) is 2. The number of hydrogen-bond donors (Lipinski definition) is 0. The van der Waals surface area contributed by atoms with Crippen molar-refractivity contribution < 1.29 is 17.5 Å². The van der Waals surface area contributed by atoms with Crippen molar-refractivity contribution in [3.8, 4) is 22.4 Å². The highest BCUT2D eigenvalue weighted by molar-refractivity contribution is 6.19. The van der Waals surface area contributed by atoms with Crippen molar-refractivity contribution in [3.05, 3.63) is 96.1 Å². The van der Waals surface area contributed by atoms with Gasteiger partial charge in [-0.25, -0.2) is 13.9 Å². The van der Waals surface area contributed by atoms with Gasteiger partial charge >= 0.3 is 0 Å². The molecule has 33 heavy (non-hydrogen) atoms. The standard InChI is InChI=1S/C29H22FN2O/c1-17-8-13-23-27-22-7-5-4-6-20(22)15-31-29(27)33-28(23)26(17)25-14-24(18(2)16-32(25)3)19-9-11-21(30)12-10-19/h4-16H,1-3H3/q+1/i2D3. The van der Waals surface area contributed by atoms with Crippen molar-refractivity contribution in [2.24, 2.45) is 7.05 Å². The highest BCUT2D eigenvalue weighted by Crippen LogP contribution is 2.39. The first-order valence-corrected chi connectivity index (χ1v) is 10.7. The van der Waals surface area contributed by atoms with Crippen LogP contribution in [0.5, 0.6) is 0 Å². The predicted octanol–water partition coefficient (Wildman–Crippen LogP) is 7.05. The number of hydrogen-bond acceptors (Lipinski definition) is 2. The lowest BCUT2D eigenvalue weighted by Gasteiger charge is -2.10. The fraction of sp³-hybridized carbons (Fsp3) is 0.103. The zero-order valence-corrected chi connectivity index (χ0v) is 18.2. The van der Waals surface area contributed by atoms with Crippen LogP contribution in [0.3, 0.4) is 0 Å². The van der Waals surface area contributed by atoms with Crippen LogP contribution in [-0.4, -0.2) is 4.98 Å². The molecular formula is C29H22FN2O+. The Balaban J connectivity index is 1.69. The molecule has 0 fully saturated rings. The second kappa shape index (κ2) is 7.24. The van der Waals surface area contributed by atoms with Gasteiger partial charge < -0.3 is 4.42 Å². The molecule has 0 bridgehead atoms. The van der Waals surface area contributed by atoms with E-state index in [1.807, 2.05) is 61.1 Å². The van der Waals surface area contributed by atoms with Crippen LogP contribution < -0.4 is 4.57 Å². The molecule has 3 aromatic carbocycles. The lowest BCUT2D eigenvalue weighted by atomic mass is 9.95. The SMILES string of the molecule is [2H]C([2H])([2H])c1c[n+](C)c(-c2c(C)ccc3c2oc2ncc4ccccc4c23)cc1-c1ccc(F)cc1. The number of halogens is 1. The average Bonchev–Trinajstić information content (AvgIpc) is 3.23. The van der Waals surface area contributed by atoms with E-state index in [1.54, 1.807) is 18.3 Å². The first-order valence-electron chi connectivity index (χ1n) is 12.2. The minimum Gasteiger partial charge on any atom is -0.437 e. The normalized spacial score (nSPS) is 13.4. The lowest BCUT2D eigenvalue weighted by Crippen LogP contribution is -2.31. The molecule has 3 heterocycles. The van der Waals surface area contributed by atoms with Gasteiger partial charge in [-0.2, -0.15) is 0 Å². The number of furan rings is 1. The molecule has 6 rings (SSSR count). The van der Waals surface area contributed by atoms with E-state index >= 15 is 0 Å². The highest BCUT2D eigenvalue weighted by Gasteiger charge is 2.23. The Morgan fingerprint density at radius 2 is 1.79 bits per heavy atom. The summed E-state index contributed by atoms with van der Waals surface area (Å²) in [5.41, 5.74) is 5.22. The van der Waals surface area contributed by atoms with Gasteiger partial charge in [-0.15, -0.1) is 0 Å². The Hall–Kier alpha value is -4.05. The quantitative estimate of drug-likeness (QED) is 0.272. The molecule has 0 unspecified atom stereocenters. The second-order valence-corrected chi connectivity index (χ2v) is 8.37.